The quantitative estimate of drug-likeness (QED) is 0.607. The van der Waals surface area contributed by atoms with Gasteiger partial charge in [0.05, 0.1) is 0 Å². The average Bonchev–Trinajstić information content (AvgIpc) is 2.60. The molecule has 1 heteroatoms. The number of hydrogen-bond donors (Lipinski definition) is 0. The minimum atomic E-state index is 0.642. The van der Waals surface area contributed by atoms with Gasteiger partial charge in [-0.2, -0.15) is 0 Å². The molecule has 15 heavy (non-hydrogen) atoms. The lowest BCUT2D eigenvalue weighted by Gasteiger charge is -2.00. The van der Waals surface area contributed by atoms with E-state index >= 15 is 0 Å². The van der Waals surface area contributed by atoms with Gasteiger partial charge in [-0.25, -0.2) is 0 Å². The fourth-order valence-corrected chi connectivity index (χ4v) is 2.85. The molecule has 0 radical (unpaired) electrons. The van der Waals surface area contributed by atoms with Crippen LogP contribution in [-0.2, 0) is 0 Å². The molecule has 0 saturated heterocycles. The summed E-state index contributed by atoms with van der Waals surface area (Å²) in [7, 11) is 0. The highest BCUT2D eigenvalue weighted by molar-refractivity contribution is 7.13. The lowest BCUT2D eigenvalue weighted by Crippen LogP contribution is -1.80. The summed E-state index contributed by atoms with van der Waals surface area (Å²) in [5.41, 5.74) is 0. The van der Waals surface area contributed by atoms with Crippen LogP contribution < -0.4 is 0 Å². The smallest absolute Gasteiger partial charge is 0.0152 e. The van der Waals surface area contributed by atoms with E-state index in [9.17, 15) is 0 Å². The predicted molar refractivity (Wildman–Crippen MR) is 72.0 cm³/mol. The number of aryl methyl sites for hydroxylation is 1. The first-order valence-corrected chi connectivity index (χ1v) is 6.50. The Balaban J connectivity index is 0.000000531. The Labute approximate surface area is 96.9 Å². The molecule has 0 aliphatic carbocycles. The van der Waals surface area contributed by atoms with Crippen molar-refractivity contribution in [1.29, 1.82) is 0 Å². The van der Waals surface area contributed by atoms with Crippen LogP contribution in [0.25, 0.3) is 10.8 Å². The summed E-state index contributed by atoms with van der Waals surface area (Å²) in [6, 6.07) is 8.69. The third kappa shape index (κ3) is 2.40. The van der Waals surface area contributed by atoms with E-state index in [1.54, 1.807) is 0 Å². The molecule has 0 fully saturated rings. The Morgan fingerprint density at radius 2 is 1.53 bits per heavy atom. The molecule has 0 N–H and O–H groups in total. The third-order valence-electron chi connectivity index (χ3n) is 2.36. The normalized spacial score (nSPS) is 10.3. The number of hydrogen-bond acceptors (Lipinski definition) is 1. The van der Waals surface area contributed by atoms with Crippen molar-refractivity contribution in [2.75, 3.05) is 0 Å². The molecule has 1 aromatic carbocycles. The van der Waals surface area contributed by atoms with Crippen molar-refractivity contribution < 1.29 is 0 Å². The van der Waals surface area contributed by atoms with E-state index in [0.717, 1.165) is 0 Å². The van der Waals surface area contributed by atoms with Gasteiger partial charge in [0.1, 0.15) is 0 Å². The second kappa shape index (κ2) is 5.32. The highest BCUT2D eigenvalue weighted by atomic mass is 32.1. The van der Waals surface area contributed by atoms with Gasteiger partial charge in [-0.05, 0) is 23.6 Å². The summed E-state index contributed by atoms with van der Waals surface area (Å²) in [5, 5.41) is 2.87. The first-order valence-electron chi connectivity index (χ1n) is 5.68. The predicted octanol–water partition coefficient (Wildman–Crippen LogP) is 5.36. The molecule has 1 heterocycles. The van der Waals surface area contributed by atoms with Gasteiger partial charge in [-0.15, -0.1) is 11.3 Å². The van der Waals surface area contributed by atoms with Crippen molar-refractivity contribution >= 4 is 22.1 Å². The topological polar surface area (TPSA) is 0 Å². The Morgan fingerprint density at radius 3 is 2.07 bits per heavy atom. The number of rotatable bonds is 1. The molecule has 0 bridgehead atoms. The van der Waals surface area contributed by atoms with Gasteiger partial charge in [0.15, 0.2) is 0 Å². The molecule has 2 rings (SSSR count). The van der Waals surface area contributed by atoms with Crippen LogP contribution >= 0.6 is 11.3 Å². The van der Waals surface area contributed by atoms with Crippen molar-refractivity contribution in [3.05, 3.63) is 34.0 Å². The van der Waals surface area contributed by atoms with Gasteiger partial charge in [0.25, 0.3) is 0 Å². The maximum atomic E-state index is 2.26. The second-order valence-electron chi connectivity index (χ2n) is 3.72. The molecule has 82 valence electrons. The van der Waals surface area contributed by atoms with Gasteiger partial charge in [-0.3, -0.25) is 0 Å². The Kier molecular flexibility index (Phi) is 4.34. The molecule has 2 aromatic rings. The van der Waals surface area contributed by atoms with E-state index in [1.807, 2.05) is 25.2 Å². The Morgan fingerprint density at radius 1 is 1.00 bits per heavy atom. The van der Waals surface area contributed by atoms with E-state index in [1.165, 1.54) is 20.5 Å². The summed E-state index contributed by atoms with van der Waals surface area (Å²) < 4.78 is 0. The van der Waals surface area contributed by atoms with Crippen LogP contribution in [0.1, 0.15) is 43.4 Å². The van der Waals surface area contributed by atoms with Gasteiger partial charge >= 0.3 is 0 Å². The minimum Gasteiger partial charge on any atom is -0.144 e. The maximum absolute atomic E-state index is 2.26. The first kappa shape index (κ1) is 12.3. The lowest BCUT2D eigenvalue weighted by molar-refractivity contribution is 0.897. The van der Waals surface area contributed by atoms with Crippen LogP contribution in [0, 0.1) is 6.92 Å². The van der Waals surface area contributed by atoms with Crippen LogP contribution in [0.15, 0.2) is 24.3 Å². The average molecular weight is 220 g/mol. The zero-order valence-corrected chi connectivity index (χ0v) is 11.1. The largest absolute Gasteiger partial charge is 0.144 e. The van der Waals surface area contributed by atoms with Crippen LogP contribution in [0.5, 0.6) is 0 Å². The number of benzene rings is 1. The van der Waals surface area contributed by atoms with Gasteiger partial charge in [0.2, 0.25) is 0 Å². The molecule has 0 amide bonds. The highest BCUT2D eigenvalue weighted by Crippen LogP contribution is 2.35. The van der Waals surface area contributed by atoms with Crippen LogP contribution in [-0.4, -0.2) is 0 Å². The van der Waals surface area contributed by atoms with E-state index in [4.69, 9.17) is 0 Å². The van der Waals surface area contributed by atoms with E-state index < -0.39 is 0 Å². The number of thiophene rings is 1. The van der Waals surface area contributed by atoms with Gasteiger partial charge < -0.3 is 0 Å². The SMILES string of the molecule is CC.Cc1sc(C(C)C)c2ccccc12. The van der Waals surface area contributed by atoms with Crippen molar-refractivity contribution in [3.63, 3.8) is 0 Å². The molecule has 0 spiro atoms. The summed E-state index contributed by atoms with van der Waals surface area (Å²) in [5.74, 6) is 0.642. The van der Waals surface area contributed by atoms with Crippen LogP contribution in [0.4, 0.5) is 0 Å². The maximum Gasteiger partial charge on any atom is 0.0152 e. The summed E-state index contributed by atoms with van der Waals surface area (Å²) >= 11 is 1.94. The molecule has 1 aromatic heterocycles. The molecule has 0 aliphatic rings. The fraction of sp³-hybridized carbons (Fsp3) is 0.429. The molecular formula is C14H20S. The van der Waals surface area contributed by atoms with Crippen molar-refractivity contribution in [2.45, 2.75) is 40.5 Å². The lowest BCUT2D eigenvalue weighted by atomic mass is 10.1. The second-order valence-corrected chi connectivity index (χ2v) is 4.98. The van der Waals surface area contributed by atoms with E-state index in [-0.39, 0.29) is 0 Å². The molecule has 0 aliphatic heterocycles. The van der Waals surface area contributed by atoms with Crippen LogP contribution in [0.3, 0.4) is 0 Å². The monoisotopic (exact) mass is 220 g/mol. The molecular weight excluding hydrogens is 200 g/mol. The molecule has 0 atom stereocenters. The standard InChI is InChI=1S/C12H14S.C2H6/c1-8(2)12-11-7-5-4-6-10(11)9(3)13-12;1-2/h4-8H,1-3H3;1-2H3. The summed E-state index contributed by atoms with van der Waals surface area (Å²) in [4.78, 5) is 2.97. The van der Waals surface area contributed by atoms with E-state index in [0.29, 0.717) is 5.92 Å². The minimum absolute atomic E-state index is 0.642. The summed E-state index contributed by atoms with van der Waals surface area (Å²) in [6.07, 6.45) is 0. The number of fused-ring (bicyclic) bond motifs is 1. The molecule has 0 saturated carbocycles. The van der Waals surface area contributed by atoms with Gasteiger partial charge in [-0.1, -0.05) is 52.0 Å². The Hall–Kier alpha value is -0.820. The van der Waals surface area contributed by atoms with Crippen molar-refractivity contribution in [1.82, 2.24) is 0 Å². The summed E-state index contributed by atoms with van der Waals surface area (Å²) in [6.45, 7) is 10.7. The molecule has 0 nitrogen and oxygen atoms in total. The zero-order chi connectivity index (χ0) is 11.4. The molecule has 0 unspecified atom stereocenters. The van der Waals surface area contributed by atoms with Crippen molar-refractivity contribution in [3.8, 4) is 0 Å². The van der Waals surface area contributed by atoms with Gasteiger partial charge in [0, 0.05) is 9.75 Å². The fourth-order valence-electron chi connectivity index (χ4n) is 1.71. The Bertz CT molecular complexity index is 424. The third-order valence-corrected chi connectivity index (χ3v) is 3.80. The van der Waals surface area contributed by atoms with E-state index in [2.05, 4.69) is 45.0 Å². The van der Waals surface area contributed by atoms with Crippen molar-refractivity contribution in [2.24, 2.45) is 0 Å². The zero-order valence-electron chi connectivity index (χ0n) is 10.3. The van der Waals surface area contributed by atoms with Crippen LogP contribution in [0.2, 0.25) is 0 Å². The first-order chi connectivity index (χ1) is 7.20. The highest BCUT2D eigenvalue weighted by Gasteiger charge is 2.09.